The van der Waals surface area contributed by atoms with Crippen LogP contribution in [0.4, 0.5) is 5.69 Å². The Hall–Kier alpha value is -1.02. The van der Waals surface area contributed by atoms with Crippen molar-refractivity contribution in [1.82, 2.24) is 5.32 Å². The zero-order valence-electron chi connectivity index (χ0n) is 8.34. The summed E-state index contributed by atoms with van der Waals surface area (Å²) in [5.74, 6) is 0. The van der Waals surface area contributed by atoms with Crippen molar-refractivity contribution in [2.45, 2.75) is 31.8 Å². The van der Waals surface area contributed by atoms with Gasteiger partial charge in [-0.2, -0.15) is 0 Å². The molecule has 3 rings (SSSR count). The Morgan fingerprint density at radius 1 is 1.36 bits per heavy atom. The molecular formula is C12H16N2. The first-order valence-corrected chi connectivity index (χ1v) is 5.51. The molecule has 14 heavy (non-hydrogen) atoms. The Balaban J connectivity index is 1.71. The smallest absolute Gasteiger partial charge is 0.0376 e. The molecule has 74 valence electrons. The molecule has 0 unspecified atom stereocenters. The van der Waals surface area contributed by atoms with Crippen LogP contribution in [0.2, 0.25) is 0 Å². The van der Waals surface area contributed by atoms with E-state index in [-0.39, 0.29) is 0 Å². The summed E-state index contributed by atoms with van der Waals surface area (Å²) < 4.78 is 0. The third kappa shape index (κ3) is 1.62. The summed E-state index contributed by atoms with van der Waals surface area (Å²) in [4.78, 5) is 0. The van der Waals surface area contributed by atoms with Crippen molar-refractivity contribution in [1.29, 1.82) is 0 Å². The lowest BCUT2D eigenvalue weighted by molar-refractivity contribution is 0.688. The van der Waals surface area contributed by atoms with E-state index in [2.05, 4.69) is 28.8 Å². The predicted octanol–water partition coefficient (Wildman–Crippen LogP) is 1.91. The van der Waals surface area contributed by atoms with E-state index in [9.17, 15) is 0 Å². The molecule has 2 nitrogen and oxygen atoms in total. The number of rotatable bonds is 3. The summed E-state index contributed by atoms with van der Waals surface area (Å²) in [7, 11) is 0. The molecule has 0 amide bonds. The molecule has 0 atom stereocenters. The van der Waals surface area contributed by atoms with Crippen LogP contribution >= 0.6 is 0 Å². The van der Waals surface area contributed by atoms with Crippen molar-refractivity contribution in [3.05, 3.63) is 29.3 Å². The third-order valence-electron chi connectivity index (χ3n) is 3.06. The first kappa shape index (κ1) is 8.30. The Kier molecular flexibility index (Phi) is 1.95. The molecule has 0 saturated heterocycles. The Morgan fingerprint density at radius 3 is 3.14 bits per heavy atom. The molecule has 1 aliphatic heterocycles. The Bertz CT molecular complexity index is 342. The van der Waals surface area contributed by atoms with E-state index in [0.717, 1.165) is 19.1 Å². The van der Waals surface area contributed by atoms with Crippen molar-refractivity contribution >= 4 is 5.69 Å². The Labute approximate surface area is 84.7 Å². The van der Waals surface area contributed by atoms with Crippen LogP contribution < -0.4 is 10.6 Å². The third-order valence-corrected chi connectivity index (χ3v) is 3.06. The lowest BCUT2D eigenvalue weighted by Crippen LogP contribution is -2.15. The highest BCUT2D eigenvalue weighted by atomic mass is 14.9. The average Bonchev–Trinajstić information content (AvgIpc) is 2.92. The average molecular weight is 188 g/mol. The molecule has 1 fully saturated rings. The van der Waals surface area contributed by atoms with Crippen molar-refractivity contribution in [2.24, 2.45) is 0 Å². The topological polar surface area (TPSA) is 24.1 Å². The maximum Gasteiger partial charge on any atom is 0.0376 e. The van der Waals surface area contributed by atoms with Crippen molar-refractivity contribution in [2.75, 3.05) is 11.9 Å². The molecular weight excluding hydrogens is 172 g/mol. The summed E-state index contributed by atoms with van der Waals surface area (Å²) in [5, 5.41) is 6.95. The van der Waals surface area contributed by atoms with Crippen molar-refractivity contribution < 1.29 is 0 Å². The van der Waals surface area contributed by atoms with Gasteiger partial charge < -0.3 is 10.6 Å². The normalized spacial score (nSPS) is 19.1. The lowest BCUT2D eigenvalue weighted by atomic mass is 10.1. The van der Waals surface area contributed by atoms with Crippen LogP contribution in [0.15, 0.2) is 18.2 Å². The van der Waals surface area contributed by atoms with Gasteiger partial charge in [-0.25, -0.2) is 0 Å². The first-order valence-electron chi connectivity index (χ1n) is 5.51. The number of fused-ring (bicyclic) bond motifs is 1. The fourth-order valence-corrected chi connectivity index (χ4v) is 2.00. The SMILES string of the molecule is c1cc2c(cc1CNC1CC1)NCC2. The van der Waals surface area contributed by atoms with E-state index < -0.39 is 0 Å². The van der Waals surface area contributed by atoms with Crippen molar-refractivity contribution in [3.8, 4) is 0 Å². The van der Waals surface area contributed by atoms with Gasteiger partial charge in [0.1, 0.15) is 0 Å². The van der Waals surface area contributed by atoms with E-state index in [4.69, 9.17) is 0 Å². The van der Waals surface area contributed by atoms with Gasteiger partial charge in [0.2, 0.25) is 0 Å². The maximum absolute atomic E-state index is 3.54. The molecule has 1 aliphatic carbocycles. The number of hydrogen-bond donors (Lipinski definition) is 2. The van der Waals surface area contributed by atoms with Gasteiger partial charge in [0.25, 0.3) is 0 Å². The fourth-order valence-electron chi connectivity index (χ4n) is 2.00. The molecule has 1 heterocycles. The summed E-state index contributed by atoms with van der Waals surface area (Å²) in [6, 6.07) is 7.61. The summed E-state index contributed by atoms with van der Waals surface area (Å²) in [6.45, 7) is 2.13. The Morgan fingerprint density at radius 2 is 2.29 bits per heavy atom. The van der Waals surface area contributed by atoms with E-state index >= 15 is 0 Å². The second-order valence-corrected chi connectivity index (χ2v) is 4.32. The number of benzene rings is 1. The molecule has 0 spiro atoms. The molecule has 0 aromatic heterocycles. The highest BCUT2D eigenvalue weighted by molar-refractivity contribution is 5.56. The van der Waals surface area contributed by atoms with Crippen LogP contribution in [0, 0.1) is 0 Å². The quantitative estimate of drug-likeness (QED) is 0.757. The highest BCUT2D eigenvalue weighted by Crippen LogP contribution is 2.24. The van der Waals surface area contributed by atoms with Gasteiger partial charge in [-0.05, 0) is 36.5 Å². The van der Waals surface area contributed by atoms with Crippen LogP contribution in [0.25, 0.3) is 0 Å². The minimum atomic E-state index is 0.802. The van der Waals surface area contributed by atoms with E-state index in [0.29, 0.717) is 0 Å². The van der Waals surface area contributed by atoms with Gasteiger partial charge in [-0.3, -0.25) is 0 Å². The predicted molar refractivity (Wildman–Crippen MR) is 58.5 cm³/mol. The van der Waals surface area contributed by atoms with E-state index in [1.165, 1.54) is 36.1 Å². The zero-order chi connectivity index (χ0) is 9.38. The van der Waals surface area contributed by atoms with Gasteiger partial charge in [0.05, 0.1) is 0 Å². The number of nitrogens with one attached hydrogen (secondary N) is 2. The number of anilines is 1. The van der Waals surface area contributed by atoms with E-state index in [1.807, 2.05) is 0 Å². The first-order chi connectivity index (χ1) is 6.92. The summed E-state index contributed by atoms with van der Waals surface area (Å²) in [6.07, 6.45) is 3.91. The monoisotopic (exact) mass is 188 g/mol. The fraction of sp³-hybridized carbons (Fsp3) is 0.500. The minimum Gasteiger partial charge on any atom is -0.384 e. The van der Waals surface area contributed by atoms with Crippen LogP contribution in [0.5, 0.6) is 0 Å². The van der Waals surface area contributed by atoms with Gasteiger partial charge in [0, 0.05) is 24.8 Å². The second kappa shape index (κ2) is 3.28. The van der Waals surface area contributed by atoms with Crippen LogP contribution in [-0.2, 0) is 13.0 Å². The minimum absolute atomic E-state index is 0.802. The highest BCUT2D eigenvalue weighted by Gasteiger charge is 2.20. The van der Waals surface area contributed by atoms with Crippen LogP contribution in [0.1, 0.15) is 24.0 Å². The molecule has 0 radical (unpaired) electrons. The second-order valence-electron chi connectivity index (χ2n) is 4.32. The van der Waals surface area contributed by atoms with Gasteiger partial charge in [-0.1, -0.05) is 12.1 Å². The van der Waals surface area contributed by atoms with Gasteiger partial charge in [-0.15, -0.1) is 0 Å². The van der Waals surface area contributed by atoms with Crippen LogP contribution in [-0.4, -0.2) is 12.6 Å². The van der Waals surface area contributed by atoms with E-state index in [1.54, 1.807) is 0 Å². The summed E-state index contributed by atoms with van der Waals surface area (Å²) in [5.41, 5.74) is 4.23. The largest absolute Gasteiger partial charge is 0.384 e. The lowest BCUT2D eigenvalue weighted by Gasteiger charge is -2.05. The number of hydrogen-bond acceptors (Lipinski definition) is 2. The van der Waals surface area contributed by atoms with Crippen LogP contribution in [0.3, 0.4) is 0 Å². The van der Waals surface area contributed by atoms with Gasteiger partial charge in [0.15, 0.2) is 0 Å². The van der Waals surface area contributed by atoms with Gasteiger partial charge >= 0.3 is 0 Å². The molecule has 1 aromatic carbocycles. The molecule has 1 aromatic rings. The molecule has 1 saturated carbocycles. The summed E-state index contributed by atoms with van der Waals surface area (Å²) >= 11 is 0. The molecule has 2 heteroatoms. The van der Waals surface area contributed by atoms with Crippen molar-refractivity contribution in [3.63, 3.8) is 0 Å². The standard InChI is InChI=1S/C12H16N2/c1-2-10-5-6-13-12(10)7-9(1)8-14-11-3-4-11/h1-2,7,11,13-14H,3-6,8H2. The molecule has 2 N–H and O–H groups in total. The zero-order valence-corrected chi connectivity index (χ0v) is 8.34. The molecule has 0 bridgehead atoms. The maximum atomic E-state index is 3.54. The molecule has 2 aliphatic rings.